The molecule has 0 amide bonds. The van der Waals surface area contributed by atoms with Gasteiger partial charge in [-0.05, 0) is 12.1 Å². The fraction of sp³-hybridized carbons (Fsp3) is 0. The Morgan fingerprint density at radius 3 is 2.21 bits per heavy atom. The summed E-state index contributed by atoms with van der Waals surface area (Å²) in [6.07, 6.45) is 3.26. The molecule has 2 rings (SSSR count). The molecule has 0 radical (unpaired) electrons. The van der Waals surface area contributed by atoms with E-state index in [4.69, 9.17) is 34.8 Å². The van der Waals surface area contributed by atoms with E-state index >= 15 is 0 Å². The fourth-order valence-corrected chi connectivity index (χ4v) is 1.60. The Morgan fingerprint density at radius 1 is 1.07 bits per heavy atom. The van der Waals surface area contributed by atoms with Crippen molar-refractivity contribution in [2.24, 2.45) is 0 Å². The Bertz CT molecular complexity index is 430. The summed E-state index contributed by atoms with van der Waals surface area (Å²) < 4.78 is 1.55. The molecule has 0 aliphatic carbocycles. The normalized spacial score (nSPS) is 10.5. The van der Waals surface area contributed by atoms with Gasteiger partial charge in [-0.15, -0.1) is 5.10 Å². The second-order valence-corrected chi connectivity index (χ2v) is 3.76. The summed E-state index contributed by atoms with van der Waals surface area (Å²) >= 11 is 17.5. The molecular weight excluding hydrogens is 244 g/mol. The van der Waals surface area contributed by atoms with E-state index in [0.717, 1.165) is 5.69 Å². The zero-order chi connectivity index (χ0) is 10.1. The first-order valence-corrected chi connectivity index (χ1v) is 4.83. The monoisotopic (exact) mass is 247 g/mol. The molecule has 1 heterocycles. The van der Waals surface area contributed by atoms with Crippen LogP contribution in [0.3, 0.4) is 0 Å². The topological polar surface area (TPSA) is 30.7 Å². The van der Waals surface area contributed by atoms with Gasteiger partial charge in [0.25, 0.3) is 0 Å². The molecule has 1 aromatic carbocycles. The Balaban J connectivity index is 2.57. The third-order valence-electron chi connectivity index (χ3n) is 1.66. The van der Waals surface area contributed by atoms with Gasteiger partial charge in [-0.3, -0.25) is 0 Å². The van der Waals surface area contributed by atoms with Gasteiger partial charge >= 0.3 is 0 Å². The number of halogens is 3. The molecule has 0 saturated carbocycles. The van der Waals surface area contributed by atoms with Crippen LogP contribution >= 0.6 is 34.8 Å². The summed E-state index contributed by atoms with van der Waals surface area (Å²) in [7, 11) is 0. The van der Waals surface area contributed by atoms with Crippen molar-refractivity contribution in [2.45, 2.75) is 0 Å². The molecular formula is C8H4Cl3N3. The maximum atomic E-state index is 5.86. The Labute approximate surface area is 95.2 Å². The van der Waals surface area contributed by atoms with E-state index in [1.54, 1.807) is 29.2 Å². The molecule has 14 heavy (non-hydrogen) atoms. The zero-order valence-corrected chi connectivity index (χ0v) is 9.05. The molecule has 0 atom stereocenters. The molecule has 0 bridgehead atoms. The van der Waals surface area contributed by atoms with Crippen LogP contribution in [0.2, 0.25) is 15.1 Å². The number of hydrogen-bond donors (Lipinski definition) is 0. The predicted octanol–water partition coefficient (Wildman–Crippen LogP) is 3.23. The van der Waals surface area contributed by atoms with E-state index in [9.17, 15) is 0 Å². The van der Waals surface area contributed by atoms with Crippen LogP contribution < -0.4 is 0 Å². The fourth-order valence-electron chi connectivity index (χ4n) is 1.02. The summed E-state index contributed by atoms with van der Waals surface area (Å²) in [4.78, 5) is 0. The van der Waals surface area contributed by atoms with Gasteiger partial charge < -0.3 is 0 Å². The summed E-state index contributed by atoms with van der Waals surface area (Å²) in [5, 5.41) is 8.61. The SMILES string of the molecule is Clc1cc(-n2ccnn2)cc(Cl)c1Cl. The molecule has 2 aromatic rings. The highest BCUT2D eigenvalue weighted by atomic mass is 35.5. The number of nitrogens with zero attached hydrogens (tertiary/aromatic N) is 3. The van der Waals surface area contributed by atoms with Crippen LogP contribution in [0.4, 0.5) is 0 Å². The minimum Gasteiger partial charge on any atom is -0.221 e. The molecule has 0 unspecified atom stereocenters. The lowest BCUT2D eigenvalue weighted by molar-refractivity contribution is 0.803. The molecule has 0 spiro atoms. The summed E-state index contributed by atoms with van der Waals surface area (Å²) in [6.45, 7) is 0. The van der Waals surface area contributed by atoms with Crippen molar-refractivity contribution in [3.63, 3.8) is 0 Å². The highest BCUT2D eigenvalue weighted by molar-refractivity contribution is 6.48. The summed E-state index contributed by atoms with van der Waals surface area (Å²) in [5.41, 5.74) is 0.724. The number of rotatable bonds is 1. The Morgan fingerprint density at radius 2 is 1.71 bits per heavy atom. The van der Waals surface area contributed by atoms with E-state index in [-0.39, 0.29) is 0 Å². The molecule has 6 heteroatoms. The van der Waals surface area contributed by atoms with Gasteiger partial charge in [0.2, 0.25) is 0 Å². The van der Waals surface area contributed by atoms with Crippen molar-refractivity contribution >= 4 is 34.8 Å². The van der Waals surface area contributed by atoms with Crippen LogP contribution in [0.15, 0.2) is 24.5 Å². The van der Waals surface area contributed by atoms with E-state index in [0.29, 0.717) is 15.1 Å². The minimum absolute atomic E-state index is 0.345. The van der Waals surface area contributed by atoms with E-state index in [1.807, 2.05) is 0 Å². The summed E-state index contributed by atoms with van der Waals surface area (Å²) in [5.74, 6) is 0. The maximum Gasteiger partial charge on any atom is 0.0780 e. The van der Waals surface area contributed by atoms with Crippen molar-refractivity contribution < 1.29 is 0 Å². The maximum absolute atomic E-state index is 5.86. The first kappa shape index (κ1) is 9.77. The first-order chi connectivity index (χ1) is 6.68. The Hall–Kier alpha value is -0.770. The molecule has 3 nitrogen and oxygen atoms in total. The van der Waals surface area contributed by atoms with Gasteiger partial charge in [0.1, 0.15) is 0 Å². The quantitative estimate of drug-likeness (QED) is 0.726. The molecule has 0 N–H and O–H groups in total. The lowest BCUT2D eigenvalue weighted by Gasteiger charge is -2.04. The number of hydrogen-bond acceptors (Lipinski definition) is 2. The smallest absolute Gasteiger partial charge is 0.0780 e. The van der Waals surface area contributed by atoms with Crippen LogP contribution in [0, 0.1) is 0 Å². The van der Waals surface area contributed by atoms with Crippen LogP contribution in [0.1, 0.15) is 0 Å². The zero-order valence-electron chi connectivity index (χ0n) is 6.78. The first-order valence-electron chi connectivity index (χ1n) is 3.69. The second-order valence-electron chi connectivity index (χ2n) is 2.57. The van der Waals surface area contributed by atoms with Crippen molar-refractivity contribution in [3.8, 4) is 5.69 Å². The van der Waals surface area contributed by atoms with E-state index in [1.165, 1.54) is 0 Å². The standard InChI is InChI=1S/C8H4Cl3N3/c9-6-3-5(4-7(10)8(6)11)14-2-1-12-13-14/h1-4H. The van der Waals surface area contributed by atoms with Gasteiger partial charge in [0, 0.05) is 0 Å². The van der Waals surface area contributed by atoms with Gasteiger partial charge in [0.15, 0.2) is 0 Å². The van der Waals surface area contributed by atoms with Gasteiger partial charge in [-0.2, -0.15) is 0 Å². The highest BCUT2D eigenvalue weighted by Crippen LogP contribution is 2.32. The lowest BCUT2D eigenvalue weighted by atomic mass is 10.3. The molecule has 0 saturated heterocycles. The second kappa shape index (κ2) is 3.77. The molecule has 0 aliphatic rings. The van der Waals surface area contributed by atoms with Crippen molar-refractivity contribution in [1.29, 1.82) is 0 Å². The predicted molar refractivity (Wildman–Crippen MR) is 56.4 cm³/mol. The van der Waals surface area contributed by atoms with E-state index in [2.05, 4.69) is 10.3 Å². The van der Waals surface area contributed by atoms with Crippen LogP contribution in [0.25, 0.3) is 5.69 Å². The number of aromatic nitrogens is 3. The molecule has 0 aliphatic heterocycles. The third-order valence-corrected chi connectivity index (χ3v) is 2.85. The van der Waals surface area contributed by atoms with Crippen LogP contribution in [-0.2, 0) is 0 Å². The largest absolute Gasteiger partial charge is 0.221 e. The van der Waals surface area contributed by atoms with Gasteiger partial charge in [-0.25, -0.2) is 4.68 Å². The van der Waals surface area contributed by atoms with Crippen molar-refractivity contribution in [1.82, 2.24) is 15.0 Å². The van der Waals surface area contributed by atoms with Crippen molar-refractivity contribution in [2.75, 3.05) is 0 Å². The van der Waals surface area contributed by atoms with Gasteiger partial charge in [-0.1, -0.05) is 40.0 Å². The highest BCUT2D eigenvalue weighted by Gasteiger charge is 2.07. The Kier molecular flexibility index (Phi) is 2.63. The van der Waals surface area contributed by atoms with Crippen LogP contribution in [0.5, 0.6) is 0 Å². The lowest BCUT2D eigenvalue weighted by Crippen LogP contribution is -1.95. The average Bonchev–Trinajstić information content (AvgIpc) is 2.66. The average molecular weight is 248 g/mol. The molecule has 0 fully saturated rings. The van der Waals surface area contributed by atoms with Gasteiger partial charge in [0.05, 0.1) is 33.1 Å². The summed E-state index contributed by atoms with van der Waals surface area (Å²) in [6, 6.07) is 3.34. The van der Waals surface area contributed by atoms with Crippen LogP contribution in [-0.4, -0.2) is 15.0 Å². The van der Waals surface area contributed by atoms with Crippen molar-refractivity contribution in [3.05, 3.63) is 39.6 Å². The minimum atomic E-state index is 0.345. The number of benzene rings is 1. The molecule has 72 valence electrons. The third kappa shape index (κ3) is 1.71. The molecule has 1 aromatic heterocycles. The van der Waals surface area contributed by atoms with E-state index < -0.39 is 0 Å².